The lowest BCUT2D eigenvalue weighted by Crippen LogP contribution is -2.22. The van der Waals surface area contributed by atoms with Crippen molar-refractivity contribution in [3.8, 4) is 11.4 Å². The van der Waals surface area contributed by atoms with E-state index in [0.29, 0.717) is 22.1 Å². The highest BCUT2D eigenvalue weighted by Gasteiger charge is 2.30. The van der Waals surface area contributed by atoms with E-state index in [0.717, 1.165) is 40.5 Å². The molecule has 37 heavy (non-hydrogen) atoms. The number of nitrogens with zero attached hydrogens (tertiary/aromatic N) is 2. The Kier molecular flexibility index (Phi) is 6.54. The Morgan fingerprint density at radius 2 is 1.70 bits per heavy atom. The normalized spacial score (nSPS) is 11.5. The number of carbonyl (C=O) groups excluding carboxylic acids is 1. The van der Waals surface area contributed by atoms with Crippen molar-refractivity contribution in [1.82, 2.24) is 20.3 Å². The minimum atomic E-state index is -4.44. The number of imidazole rings is 1. The van der Waals surface area contributed by atoms with Crippen LogP contribution in [0.3, 0.4) is 0 Å². The Morgan fingerprint density at radius 3 is 2.43 bits per heavy atom. The van der Waals surface area contributed by atoms with Crippen LogP contribution in [-0.4, -0.2) is 20.9 Å². The molecule has 2 aromatic heterocycles. The van der Waals surface area contributed by atoms with Crippen LogP contribution in [0.25, 0.3) is 22.4 Å². The zero-order chi connectivity index (χ0) is 26.0. The summed E-state index contributed by atoms with van der Waals surface area (Å²) >= 11 is 5.95. The average molecular weight is 522 g/mol. The van der Waals surface area contributed by atoms with Gasteiger partial charge in [0, 0.05) is 34.6 Å². The van der Waals surface area contributed by atoms with Crippen LogP contribution >= 0.6 is 11.6 Å². The number of rotatable bonds is 6. The summed E-state index contributed by atoms with van der Waals surface area (Å²) in [4.78, 5) is 24.4. The second kappa shape index (κ2) is 9.94. The maximum atomic E-state index is 12.9. The van der Waals surface area contributed by atoms with E-state index in [1.165, 1.54) is 0 Å². The highest BCUT2D eigenvalue weighted by molar-refractivity contribution is 6.30. The highest BCUT2D eigenvalue weighted by atomic mass is 35.5. The van der Waals surface area contributed by atoms with E-state index in [1.807, 2.05) is 12.1 Å². The Hall–Kier alpha value is -4.37. The number of hydrogen-bond donors (Lipinski definition) is 3. The Balaban J connectivity index is 1.21. The number of benzene rings is 3. The summed E-state index contributed by atoms with van der Waals surface area (Å²) in [5, 5.41) is 6.36. The number of halogens is 4. The highest BCUT2D eigenvalue weighted by Crippen LogP contribution is 2.30. The number of hydrogen-bond acceptors (Lipinski definition) is 4. The second-order valence-corrected chi connectivity index (χ2v) is 8.69. The zero-order valence-corrected chi connectivity index (χ0v) is 19.9. The van der Waals surface area contributed by atoms with Crippen LogP contribution in [-0.2, 0) is 12.7 Å². The summed E-state index contributed by atoms with van der Waals surface area (Å²) in [7, 11) is 0. The molecular formula is C27H19ClF3N5O. The van der Waals surface area contributed by atoms with Crippen LogP contribution in [0.15, 0.2) is 85.1 Å². The molecule has 0 aliphatic rings. The summed E-state index contributed by atoms with van der Waals surface area (Å²) in [5.41, 5.74) is 3.45. The molecule has 0 unspecified atom stereocenters. The molecule has 0 saturated heterocycles. The SMILES string of the molecule is O=C(NCc1ccc(Nc2cc(C(F)(F)F)ccn2)cc1)c1ccc2nc(-c3ccc(Cl)cc3)[nH]c2c1. The number of fused-ring (bicyclic) bond motifs is 1. The van der Waals surface area contributed by atoms with Gasteiger partial charge in [0.2, 0.25) is 0 Å². The van der Waals surface area contributed by atoms with Crippen molar-refractivity contribution in [2.45, 2.75) is 12.7 Å². The molecule has 6 nitrogen and oxygen atoms in total. The Labute approximate surface area is 214 Å². The minimum absolute atomic E-state index is 0.0873. The number of pyridine rings is 1. The largest absolute Gasteiger partial charge is 0.416 e. The molecule has 0 fully saturated rings. The van der Waals surface area contributed by atoms with Crippen molar-refractivity contribution in [2.24, 2.45) is 0 Å². The molecule has 0 aliphatic carbocycles. The van der Waals surface area contributed by atoms with E-state index >= 15 is 0 Å². The zero-order valence-electron chi connectivity index (χ0n) is 19.1. The molecule has 3 aromatic carbocycles. The fraction of sp³-hybridized carbons (Fsp3) is 0.0741. The Morgan fingerprint density at radius 1 is 0.946 bits per heavy atom. The van der Waals surface area contributed by atoms with Crippen molar-refractivity contribution < 1.29 is 18.0 Å². The molecule has 186 valence electrons. The van der Waals surface area contributed by atoms with Gasteiger partial charge in [0.05, 0.1) is 16.6 Å². The van der Waals surface area contributed by atoms with Crippen molar-refractivity contribution in [1.29, 1.82) is 0 Å². The molecule has 1 amide bonds. The van der Waals surface area contributed by atoms with Gasteiger partial charge in [0.1, 0.15) is 11.6 Å². The van der Waals surface area contributed by atoms with Gasteiger partial charge in [0.25, 0.3) is 5.91 Å². The van der Waals surface area contributed by atoms with Gasteiger partial charge in [-0.25, -0.2) is 9.97 Å². The maximum absolute atomic E-state index is 12.9. The van der Waals surface area contributed by atoms with Crippen LogP contribution in [0.5, 0.6) is 0 Å². The van der Waals surface area contributed by atoms with E-state index in [9.17, 15) is 18.0 Å². The number of nitrogens with one attached hydrogen (secondary N) is 3. The first-order valence-electron chi connectivity index (χ1n) is 11.2. The lowest BCUT2D eigenvalue weighted by atomic mass is 10.1. The summed E-state index contributed by atoms with van der Waals surface area (Å²) in [6, 6.07) is 21.4. The van der Waals surface area contributed by atoms with Gasteiger partial charge in [0.15, 0.2) is 0 Å². The summed E-state index contributed by atoms with van der Waals surface area (Å²) in [5.74, 6) is 0.516. The third-order valence-electron chi connectivity index (χ3n) is 5.63. The second-order valence-electron chi connectivity index (χ2n) is 8.26. The summed E-state index contributed by atoms with van der Waals surface area (Å²) in [6.45, 7) is 0.276. The van der Waals surface area contributed by atoms with Gasteiger partial charge in [-0.2, -0.15) is 13.2 Å². The fourth-order valence-corrected chi connectivity index (χ4v) is 3.83. The van der Waals surface area contributed by atoms with Gasteiger partial charge < -0.3 is 15.6 Å². The summed E-state index contributed by atoms with van der Waals surface area (Å²) < 4.78 is 38.7. The fourth-order valence-electron chi connectivity index (χ4n) is 3.71. The molecule has 0 saturated carbocycles. The first-order chi connectivity index (χ1) is 17.7. The molecular weight excluding hydrogens is 503 g/mol. The predicted molar refractivity (Wildman–Crippen MR) is 137 cm³/mol. The molecule has 0 radical (unpaired) electrons. The predicted octanol–water partition coefficient (Wildman–Crippen LogP) is 6.97. The van der Waals surface area contributed by atoms with Crippen molar-refractivity contribution in [3.63, 3.8) is 0 Å². The monoisotopic (exact) mass is 521 g/mol. The number of carbonyl (C=O) groups is 1. The quantitative estimate of drug-likeness (QED) is 0.225. The van der Waals surface area contributed by atoms with Crippen LogP contribution < -0.4 is 10.6 Å². The average Bonchev–Trinajstić information content (AvgIpc) is 3.32. The van der Waals surface area contributed by atoms with E-state index in [1.54, 1.807) is 54.6 Å². The number of amides is 1. The van der Waals surface area contributed by atoms with Gasteiger partial charge in [-0.05, 0) is 72.3 Å². The number of alkyl halides is 3. The molecule has 5 rings (SSSR count). The van der Waals surface area contributed by atoms with E-state index in [4.69, 9.17) is 11.6 Å². The number of aromatic nitrogens is 3. The van der Waals surface area contributed by atoms with Crippen LogP contribution in [0, 0.1) is 0 Å². The van der Waals surface area contributed by atoms with Crippen LogP contribution in [0.4, 0.5) is 24.7 Å². The third kappa shape index (κ3) is 5.73. The van der Waals surface area contributed by atoms with Gasteiger partial charge in [-0.1, -0.05) is 23.7 Å². The van der Waals surface area contributed by atoms with Crippen molar-refractivity contribution in [3.05, 3.63) is 107 Å². The lowest BCUT2D eigenvalue weighted by Gasteiger charge is -2.10. The van der Waals surface area contributed by atoms with Gasteiger partial charge in [-0.15, -0.1) is 0 Å². The lowest BCUT2D eigenvalue weighted by molar-refractivity contribution is -0.137. The standard InChI is InChI=1S/C27H19ClF3N5O/c28-20-6-3-17(4-7-20)25-35-22-10-5-18(13-23(22)36-25)26(37)33-15-16-1-8-21(9-2-16)34-24-14-19(11-12-32-24)27(29,30)31/h1-14H,15H2,(H,32,34)(H,33,37)(H,35,36). The topological polar surface area (TPSA) is 82.7 Å². The van der Waals surface area contributed by atoms with Crippen LogP contribution in [0.1, 0.15) is 21.5 Å². The molecule has 5 aromatic rings. The number of anilines is 2. The van der Waals surface area contributed by atoms with Gasteiger partial charge in [-0.3, -0.25) is 4.79 Å². The maximum Gasteiger partial charge on any atom is 0.416 e. The van der Waals surface area contributed by atoms with Crippen LogP contribution in [0.2, 0.25) is 5.02 Å². The number of H-pyrrole nitrogens is 1. The first kappa shape index (κ1) is 24.3. The molecule has 0 aliphatic heterocycles. The first-order valence-corrected chi connectivity index (χ1v) is 11.6. The summed E-state index contributed by atoms with van der Waals surface area (Å²) in [6.07, 6.45) is -3.34. The van der Waals surface area contributed by atoms with E-state index in [-0.39, 0.29) is 18.3 Å². The number of aromatic amines is 1. The molecule has 0 spiro atoms. The molecule has 3 N–H and O–H groups in total. The smallest absolute Gasteiger partial charge is 0.348 e. The van der Waals surface area contributed by atoms with E-state index in [2.05, 4.69) is 25.6 Å². The van der Waals surface area contributed by atoms with Crippen molar-refractivity contribution in [2.75, 3.05) is 5.32 Å². The Bertz CT molecular complexity index is 1560. The van der Waals surface area contributed by atoms with Gasteiger partial charge >= 0.3 is 6.18 Å². The molecule has 2 heterocycles. The minimum Gasteiger partial charge on any atom is -0.348 e. The van der Waals surface area contributed by atoms with E-state index < -0.39 is 11.7 Å². The van der Waals surface area contributed by atoms with Crippen molar-refractivity contribution >= 4 is 40.0 Å². The molecule has 0 atom stereocenters. The third-order valence-corrected chi connectivity index (χ3v) is 5.88. The molecule has 10 heteroatoms. The molecule has 0 bridgehead atoms.